The number of halogens is 1. The summed E-state index contributed by atoms with van der Waals surface area (Å²) in [6.45, 7) is 0. The predicted octanol–water partition coefficient (Wildman–Crippen LogP) is 1.80. The highest BCUT2D eigenvalue weighted by atomic mass is 32.1. The Kier molecular flexibility index (Phi) is 1.87. The minimum Gasteiger partial charge on any atom is -0.366 e. The van der Waals surface area contributed by atoms with Crippen LogP contribution in [0.3, 0.4) is 0 Å². The molecule has 0 saturated carbocycles. The first-order valence-electron chi connectivity index (χ1n) is 4.47. The zero-order valence-corrected chi connectivity index (χ0v) is 8.75. The molecule has 3 N–H and O–H groups in total. The average molecular weight is 235 g/mol. The first-order valence-corrected chi connectivity index (χ1v) is 5.28. The van der Waals surface area contributed by atoms with Gasteiger partial charge in [0.15, 0.2) is 10.8 Å². The smallest absolute Gasteiger partial charge is 0.239 e. The van der Waals surface area contributed by atoms with Crippen LogP contribution in [0.4, 0.5) is 10.3 Å². The summed E-state index contributed by atoms with van der Waals surface area (Å²) < 4.78 is 13.7. The Hall–Kier alpha value is -2.02. The lowest BCUT2D eigenvalue weighted by molar-refractivity contribution is 0.630. The number of aromatic amines is 1. The van der Waals surface area contributed by atoms with Crippen LogP contribution in [0.15, 0.2) is 18.2 Å². The minimum atomic E-state index is -0.278. The number of benzene rings is 1. The molecule has 3 rings (SSSR count). The third kappa shape index (κ3) is 1.41. The second kappa shape index (κ2) is 3.24. The number of nitrogens with one attached hydrogen (secondary N) is 1. The fourth-order valence-electron chi connectivity index (χ4n) is 1.37. The van der Waals surface area contributed by atoms with Crippen molar-refractivity contribution in [1.29, 1.82) is 0 Å². The first-order chi connectivity index (χ1) is 7.72. The number of nitrogens with two attached hydrogens (primary N) is 1. The number of aromatic nitrogens is 4. The highest BCUT2D eigenvalue weighted by molar-refractivity contribution is 7.21. The number of hydrogen-bond donors (Lipinski definition) is 2. The largest absolute Gasteiger partial charge is 0.366 e. The predicted molar refractivity (Wildman–Crippen MR) is 59.4 cm³/mol. The van der Waals surface area contributed by atoms with Gasteiger partial charge >= 0.3 is 0 Å². The molecule has 5 nitrogen and oxygen atoms in total. The molecule has 0 saturated heterocycles. The van der Waals surface area contributed by atoms with Crippen molar-refractivity contribution >= 4 is 27.5 Å². The van der Waals surface area contributed by atoms with Crippen LogP contribution in [0.1, 0.15) is 0 Å². The van der Waals surface area contributed by atoms with E-state index in [2.05, 4.69) is 20.2 Å². The molecule has 0 radical (unpaired) electrons. The van der Waals surface area contributed by atoms with E-state index in [1.807, 2.05) is 0 Å². The second-order valence-corrected chi connectivity index (χ2v) is 4.20. The van der Waals surface area contributed by atoms with Gasteiger partial charge in [0.05, 0.1) is 10.2 Å². The molecular formula is C9H6FN5S. The van der Waals surface area contributed by atoms with Gasteiger partial charge in [0.1, 0.15) is 5.82 Å². The van der Waals surface area contributed by atoms with Gasteiger partial charge in [-0.3, -0.25) is 5.10 Å². The van der Waals surface area contributed by atoms with E-state index in [1.54, 1.807) is 6.07 Å². The Bertz CT molecular complexity index is 659. The maximum absolute atomic E-state index is 13.0. The van der Waals surface area contributed by atoms with Crippen LogP contribution in [-0.4, -0.2) is 20.2 Å². The average Bonchev–Trinajstić information content (AvgIpc) is 2.83. The lowest BCUT2D eigenvalue weighted by Crippen LogP contribution is -1.85. The van der Waals surface area contributed by atoms with Crippen molar-refractivity contribution in [2.24, 2.45) is 0 Å². The van der Waals surface area contributed by atoms with Crippen molar-refractivity contribution in [2.45, 2.75) is 0 Å². The fraction of sp³-hybridized carbons (Fsp3) is 0. The Morgan fingerprint density at radius 3 is 2.94 bits per heavy atom. The van der Waals surface area contributed by atoms with Gasteiger partial charge < -0.3 is 5.73 Å². The highest BCUT2D eigenvalue weighted by Gasteiger charge is 2.10. The Morgan fingerprint density at radius 2 is 2.19 bits per heavy atom. The number of fused-ring (bicyclic) bond motifs is 1. The van der Waals surface area contributed by atoms with Crippen LogP contribution in [-0.2, 0) is 0 Å². The van der Waals surface area contributed by atoms with E-state index < -0.39 is 0 Å². The SMILES string of the molecule is Nc1n[nH]c(-c2nc3ccc(F)cc3s2)n1. The molecule has 0 amide bonds. The van der Waals surface area contributed by atoms with Crippen molar-refractivity contribution in [2.75, 3.05) is 5.73 Å². The summed E-state index contributed by atoms with van der Waals surface area (Å²) in [7, 11) is 0. The molecule has 0 aliphatic heterocycles. The van der Waals surface area contributed by atoms with Gasteiger partial charge in [0, 0.05) is 0 Å². The molecule has 0 unspecified atom stereocenters. The summed E-state index contributed by atoms with van der Waals surface area (Å²) in [5.41, 5.74) is 6.13. The Labute approximate surface area is 93.2 Å². The molecule has 1 aromatic carbocycles. The second-order valence-electron chi connectivity index (χ2n) is 3.17. The maximum Gasteiger partial charge on any atom is 0.239 e. The van der Waals surface area contributed by atoms with Crippen LogP contribution in [0.2, 0.25) is 0 Å². The van der Waals surface area contributed by atoms with E-state index in [9.17, 15) is 4.39 Å². The van der Waals surface area contributed by atoms with Crippen molar-refractivity contribution < 1.29 is 4.39 Å². The van der Waals surface area contributed by atoms with Crippen molar-refractivity contribution in [3.05, 3.63) is 24.0 Å². The highest BCUT2D eigenvalue weighted by Crippen LogP contribution is 2.28. The first kappa shape index (κ1) is 9.22. The molecule has 16 heavy (non-hydrogen) atoms. The summed E-state index contributed by atoms with van der Waals surface area (Å²) in [4.78, 5) is 8.26. The van der Waals surface area contributed by atoms with E-state index in [-0.39, 0.29) is 11.8 Å². The molecule has 7 heteroatoms. The van der Waals surface area contributed by atoms with E-state index in [4.69, 9.17) is 5.73 Å². The normalized spacial score (nSPS) is 11.1. The molecule has 80 valence electrons. The maximum atomic E-state index is 13.0. The Balaban J connectivity index is 2.18. The van der Waals surface area contributed by atoms with Crippen molar-refractivity contribution in [1.82, 2.24) is 20.2 Å². The third-order valence-corrected chi connectivity index (χ3v) is 3.08. The third-order valence-electron chi connectivity index (χ3n) is 2.06. The standard InChI is InChI=1S/C9H6FN5S/c10-4-1-2-5-6(3-4)16-8(12-5)7-13-9(11)15-14-7/h1-3H,(H3,11,13,14,15). The number of thiazole rings is 1. The van der Waals surface area contributed by atoms with Crippen LogP contribution in [0, 0.1) is 5.82 Å². The monoisotopic (exact) mass is 235 g/mol. The summed E-state index contributed by atoms with van der Waals surface area (Å²) in [6, 6.07) is 4.45. The molecule has 0 atom stereocenters. The van der Waals surface area contributed by atoms with Gasteiger partial charge in [-0.2, -0.15) is 4.98 Å². The van der Waals surface area contributed by atoms with Gasteiger partial charge in [-0.25, -0.2) is 9.37 Å². The molecule has 0 aliphatic rings. The summed E-state index contributed by atoms with van der Waals surface area (Å²) in [6.07, 6.45) is 0. The topological polar surface area (TPSA) is 80.5 Å². The van der Waals surface area contributed by atoms with Crippen LogP contribution >= 0.6 is 11.3 Å². The molecule has 2 heterocycles. The summed E-state index contributed by atoms with van der Waals surface area (Å²) in [5, 5.41) is 7.02. The molecule has 3 aromatic rings. The minimum absolute atomic E-state index is 0.167. The lowest BCUT2D eigenvalue weighted by Gasteiger charge is -1.85. The summed E-state index contributed by atoms with van der Waals surface area (Å²) in [5.74, 6) is 0.388. The van der Waals surface area contributed by atoms with E-state index in [0.717, 1.165) is 10.2 Å². The van der Waals surface area contributed by atoms with Gasteiger partial charge in [0.2, 0.25) is 5.95 Å². The van der Waals surface area contributed by atoms with E-state index in [1.165, 1.54) is 23.5 Å². The fourth-order valence-corrected chi connectivity index (χ4v) is 2.30. The van der Waals surface area contributed by atoms with Gasteiger partial charge in [-0.15, -0.1) is 16.4 Å². The molecule has 0 bridgehead atoms. The zero-order valence-electron chi connectivity index (χ0n) is 7.94. The molecule has 0 spiro atoms. The number of nitrogen functional groups attached to an aromatic ring is 1. The quantitative estimate of drug-likeness (QED) is 0.674. The van der Waals surface area contributed by atoms with Crippen LogP contribution in [0.25, 0.3) is 21.0 Å². The lowest BCUT2D eigenvalue weighted by atomic mass is 10.3. The number of hydrogen-bond acceptors (Lipinski definition) is 5. The van der Waals surface area contributed by atoms with Gasteiger partial charge in [-0.05, 0) is 18.2 Å². The zero-order chi connectivity index (χ0) is 11.1. The molecule has 2 aromatic heterocycles. The molecular weight excluding hydrogens is 229 g/mol. The number of anilines is 1. The Morgan fingerprint density at radius 1 is 1.31 bits per heavy atom. The van der Waals surface area contributed by atoms with Crippen molar-refractivity contribution in [3.8, 4) is 10.8 Å². The van der Waals surface area contributed by atoms with E-state index >= 15 is 0 Å². The van der Waals surface area contributed by atoms with Gasteiger partial charge in [-0.1, -0.05) is 0 Å². The van der Waals surface area contributed by atoms with Crippen molar-refractivity contribution in [3.63, 3.8) is 0 Å². The van der Waals surface area contributed by atoms with Crippen LogP contribution < -0.4 is 5.73 Å². The van der Waals surface area contributed by atoms with Gasteiger partial charge in [0.25, 0.3) is 0 Å². The van der Waals surface area contributed by atoms with E-state index in [0.29, 0.717) is 10.8 Å². The number of H-pyrrole nitrogens is 1. The molecule has 0 aliphatic carbocycles. The number of nitrogens with zero attached hydrogens (tertiary/aromatic N) is 3. The summed E-state index contributed by atoms with van der Waals surface area (Å²) >= 11 is 1.34. The van der Waals surface area contributed by atoms with Crippen LogP contribution in [0.5, 0.6) is 0 Å². The molecule has 0 fully saturated rings. The number of rotatable bonds is 1.